The average Bonchev–Trinajstić information content (AvgIpc) is 3.01. The van der Waals surface area contributed by atoms with Crippen molar-refractivity contribution in [2.24, 2.45) is 0 Å². The fourth-order valence-corrected chi connectivity index (χ4v) is 1.98. The number of carbonyl (C=O) groups excluding carboxylic acids is 1. The van der Waals surface area contributed by atoms with Crippen LogP contribution < -0.4 is 0 Å². The van der Waals surface area contributed by atoms with Crippen molar-refractivity contribution in [2.75, 3.05) is 13.2 Å². The number of furan rings is 1. The molecule has 1 aliphatic rings. The van der Waals surface area contributed by atoms with Crippen LogP contribution in [0.3, 0.4) is 0 Å². The molecule has 1 fully saturated rings. The monoisotopic (exact) mass is 235 g/mol. The van der Waals surface area contributed by atoms with Crippen LogP contribution in [-0.4, -0.2) is 30.3 Å². The molecule has 3 heterocycles. The van der Waals surface area contributed by atoms with Gasteiger partial charge in [-0.05, 0) is 12.8 Å². The number of ether oxygens (including phenoxy) is 2. The van der Waals surface area contributed by atoms with Gasteiger partial charge in [-0.1, -0.05) is 0 Å². The van der Waals surface area contributed by atoms with E-state index in [2.05, 4.69) is 4.98 Å². The second-order valence-corrected chi connectivity index (χ2v) is 4.12. The molecule has 0 radical (unpaired) electrons. The molecule has 0 saturated carbocycles. The number of aromatic nitrogens is 1. The molecule has 17 heavy (non-hydrogen) atoms. The first-order valence-corrected chi connectivity index (χ1v) is 5.68. The maximum Gasteiger partial charge on any atom is 0.354 e. The fraction of sp³-hybridized carbons (Fsp3) is 0.417. The first-order chi connectivity index (χ1) is 8.33. The number of hydrogen-bond acceptors (Lipinski definition) is 4. The molecular weight excluding hydrogens is 222 g/mol. The van der Waals surface area contributed by atoms with E-state index in [1.807, 2.05) is 0 Å². The normalized spacial score (nSPS) is 19.9. The standard InChI is InChI=1S/C12H13NO4/c14-12(17-7-8-2-1-4-15-8)10-6-11-9(13-10)3-5-16-11/h3,5-6,8,13H,1-2,4,7H2. The molecule has 3 rings (SSSR count). The molecule has 0 aromatic carbocycles. The van der Waals surface area contributed by atoms with Crippen LogP contribution in [0, 0.1) is 0 Å². The number of H-pyrrole nitrogens is 1. The van der Waals surface area contributed by atoms with Crippen molar-refractivity contribution in [2.45, 2.75) is 18.9 Å². The molecular formula is C12H13NO4. The quantitative estimate of drug-likeness (QED) is 0.827. The van der Waals surface area contributed by atoms with Crippen LogP contribution in [0.25, 0.3) is 11.1 Å². The van der Waals surface area contributed by atoms with Crippen molar-refractivity contribution in [3.63, 3.8) is 0 Å². The summed E-state index contributed by atoms with van der Waals surface area (Å²) in [6, 6.07) is 3.42. The zero-order valence-electron chi connectivity index (χ0n) is 9.27. The Kier molecular flexibility index (Phi) is 2.60. The predicted molar refractivity (Wildman–Crippen MR) is 59.8 cm³/mol. The molecule has 1 unspecified atom stereocenters. The second kappa shape index (κ2) is 4.25. The smallest absolute Gasteiger partial charge is 0.354 e. The van der Waals surface area contributed by atoms with Gasteiger partial charge in [0, 0.05) is 18.7 Å². The molecule has 1 atom stereocenters. The highest BCUT2D eigenvalue weighted by Crippen LogP contribution is 2.17. The van der Waals surface area contributed by atoms with Crippen molar-refractivity contribution >= 4 is 17.1 Å². The van der Waals surface area contributed by atoms with Crippen molar-refractivity contribution in [3.05, 3.63) is 24.1 Å². The van der Waals surface area contributed by atoms with Gasteiger partial charge < -0.3 is 18.9 Å². The Labute approximate surface area is 97.7 Å². The zero-order chi connectivity index (χ0) is 11.7. The molecule has 90 valence electrons. The Bertz CT molecular complexity index is 493. The maximum atomic E-state index is 11.7. The minimum Gasteiger partial charge on any atom is -0.463 e. The summed E-state index contributed by atoms with van der Waals surface area (Å²) in [5, 5.41) is 0. The summed E-state index contributed by atoms with van der Waals surface area (Å²) in [6.45, 7) is 1.08. The number of nitrogens with one attached hydrogen (secondary N) is 1. The molecule has 0 bridgehead atoms. The van der Waals surface area contributed by atoms with Gasteiger partial charge in [-0.25, -0.2) is 4.79 Å². The van der Waals surface area contributed by atoms with Crippen molar-refractivity contribution in [1.82, 2.24) is 4.98 Å². The molecule has 1 N–H and O–H groups in total. The summed E-state index contributed by atoms with van der Waals surface area (Å²) < 4.78 is 15.7. The fourth-order valence-electron chi connectivity index (χ4n) is 1.98. The summed E-state index contributed by atoms with van der Waals surface area (Å²) in [4.78, 5) is 14.7. The summed E-state index contributed by atoms with van der Waals surface area (Å²) >= 11 is 0. The van der Waals surface area contributed by atoms with Gasteiger partial charge >= 0.3 is 5.97 Å². The van der Waals surface area contributed by atoms with Crippen molar-refractivity contribution < 1.29 is 18.7 Å². The lowest BCUT2D eigenvalue weighted by atomic mass is 10.2. The molecule has 1 saturated heterocycles. The molecule has 5 heteroatoms. The highest BCUT2D eigenvalue weighted by Gasteiger charge is 2.19. The highest BCUT2D eigenvalue weighted by atomic mass is 16.6. The van der Waals surface area contributed by atoms with E-state index in [0.717, 1.165) is 25.0 Å². The van der Waals surface area contributed by atoms with E-state index in [1.54, 1.807) is 18.4 Å². The topological polar surface area (TPSA) is 64.5 Å². The third-order valence-corrected chi connectivity index (χ3v) is 2.88. The zero-order valence-corrected chi connectivity index (χ0v) is 9.27. The lowest BCUT2D eigenvalue weighted by Gasteiger charge is -2.09. The lowest BCUT2D eigenvalue weighted by Crippen LogP contribution is -2.18. The van der Waals surface area contributed by atoms with Gasteiger partial charge in [0.15, 0.2) is 5.58 Å². The number of esters is 1. The van der Waals surface area contributed by atoms with Crippen LogP contribution in [-0.2, 0) is 9.47 Å². The predicted octanol–water partition coefficient (Wildman–Crippen LogP) is 2.10. The van der Waals surface area contributed by atoms with Crippen molar-refractivity contribution in [1.29, 1.82) is 0 Å². The molecule has 1 aliphatic heterocycles. The summed E-state index contributed by atoms with van der Waals surface area (Å²) in [6.07, 6.45) is 3.62. The molecule has 5 nitrogen and oxygen atoms in total. The van der Waals surface area contributed by atoms with Crippen LogP contribution in [0.2, 0.25) is 0 Å². The second-order valence-electron chi connectivity index (χ2n) is 4.12. The van der Waals surface area contributed by atoms with Gasteiger partial charge in [0.2, 0.25) is 0 Å². The Morgan fingerprint density at radius 1 is 1.59 bits per heavy atom. The number of carbonyl (C=O) groups is 1. The van der Waals surface area contributed by atoms with Crippen LogP contribution in [0.5, 0.6) is 0 Å². The van der Waals surface area contributed by atoms with E-state index in [-0.39, 0.29) is 12.1 Å². The summed E-state index contributed by atoms with van der Waals surface area (Å²) in [7, 11) is 0. The number of hydrogen-bond donors (Lipinski definition) is 1. The molecule has 0 aliphatic carbocycles. The first-order valence-electron chi connectivity index (χ1n) is 5.68. The first kappa shape index (κ1) is 10.4. The molecule has 2 aromatic rings. The van der Waals surface area contributed by atoms with E-state index in [1.165, 1.54) is 0 Å². The van der Waals surface area contributed by atoms with Gasteiger partial charge in [0.05, 0.1) is 17.9 Å². The Balaban J connectivity index is 1.63. The van der Waals surface area contributed by atoms with Crippen molar-refractivity contribution in [3.8, 4) is 0 Å². The summed E-state index contributed by atoms with van der Waals surface area (Å²) in [5.74, 6) is -0.369. The van der Waals surface area contributed by atoms with Crippen LogP contribution in [0.4, 0.5) is 0 Å². The van der Waals surface area contributed by atoms with Crippen LogP contribution >= 0.6 is 0 Å². The highest BCUT2D eigenvalue weighted by molar-refractivity contribution is 5.93. The molecule has 0 spiro atoms. The van der Waals surface area contributed by atoms with Gasteiger partial charge in [-0.2, -0.15) is 0 Å². The Morgan fingerprint density at radius 3 is 3.29 bits per heavy atom. The van der Waals surface area contributed by atoms with E-state index in [0.29, 0.717) is 17.9 Å². The lowest BCUT2D eigenvalue weighted by molar-refractivity contribution is 0.0157. The molecule has 2 aromatic heterocycles. The number of fused-ring (bicyclic) bond motifs is 1. The Morgan fingerprint density at radius 2 is 2.53 bits per heavy atom. The molecule has 0 amide bonds. The van der Waals surface area contributed by atoms with E-state index in [4.69, 9.17) is 13.9 Å². The van der Waals surface area contributed by atoms with Crippen LogP contribution in [0.1, 0.15) is 23.3 Å². The van der Waals surface area contributed by atoms with Gasteiger partial charge in [0.1, 0.15) is 12.3 Å². The third kappa shape index (κ3) is 2.06. The minimum atomic E-state index is -0.369. The van der Waals surface area contributed by atoms with Crippen LogP contribution in [0.15, 0.2) is 22.8 Å². The maximum absolute atomic E-state index is 11.7. The van der Waals surface area contributed by atoms with Gasteiger partial charge in [0.25, 0.3) is 0 Å². The average molecular weight is 235 g/mol. The van der Waals surface area contributed by atoms with E-state index in [9.17, 15) is 4.79 Å². The van der Waals surface area contributed by atoms with Gasteiger partial charge in [-0.15, -0.1) is 0 Å². The third-order valence-electron chi connectivity index (χ3n) is 2.88. The minimum absolute atomic E-state index is 0.0527. The number of rotatable bonds is 3. The van der Waals surface area contributed by atoms with E-state index >= 15 is 0 Å². The largest absolute Gasteiger partial charge is 0.463 e. The number of aromatic amines is 1. The Hall–Kier alpha value is -1.75. The van der Waals surface area contributed by atoms with Gasteiger partial charge in [-0.3, -0.25) is 0 Å². The summed E-state index contributed by atoms with van der Waals surface area (Å²) in [5.41, 5.74) is 1.88. The SMILES string of the molecule is O=C(OCC1CCCO1)c1cc2occc2[nH]1. The van der Waals surface area contributed by atoms with E-state index < -0.39 is 0 Å².